The molecule has 0 aromatic rings. The van der Waals surface area contributed by atoms with Crippen LogP contribution in [0.25, 0.3) is 0 Å². The van der Waals surface area contributed by atoms with Gasteiger partial charge < -0.3 is 5.32 Å². The lowest BCUT2D eigenvalue weighted by Gasteiger charge is -2.05. The zero-order valence-electron chi connectivity index (χ0n) is 9.31. The molecule has 0 saturated heterocycles. The summed E-state index contributed by atoms with van der Waals surface area (Å²) in [6.45, 7) is 4.81. The van der Waals surface area contributed by atoms with Crippen molar-refractivity contribution in [3.63, 3.8) is 0 Å². The average molecular weight is 220 g/mol. The third kappa shape index (κ3) is 9.85. The second-order valence-corrected chi connectivity index (χ2v) is 4.48. The van der Waals surface area contributed by atoms with Crippen LogP contribution in [0.3, 0.4) is 0 Å². The van der Waals surface area contributed by atoms with Gasteiger partial charge in [0.15, 0.2) is 0 Å². The topological polar surface area (TPSA) is 29.1 Å². The standard InChI is InChI=1S/C11H22ClNO/c1-3-4-5-6-7-11(14)13-9-8-10(2)12/h10H,3-9H2,1-2H3,(H,13,14). The maximum Gasteiger partial charge on any atom is 0.219 e. The van der Waals surface area contributed by atoms with Crippen molar-refractivity contribution in [2.24, 2.45) is 0 Å². The van der Waals surface area contributed by atoms with E-state index in [0.29, 0.717) is 13.0 Å². The molecule has 0 aromatic carbocycles. The first-order valence-corrected chi connectivity index (χ1v) is 6.01. The first-order chi connectivity index (χ1) is 6.66. The fourth-order valence-electron chi connectivity index (χ4n) is 1.21. The highest BCUT2D eigenvalue weighted by molar-refractivity contribution is 6.20. The van der Waals surface area contributed by atoms with Crippen LogP contribution >= 0.6 is 11.6 Å². The summed E-state index contributed by atoms with van der Waals surface area (Å²) in [4.78, 5) is 11.2. The van der Waals surface area contributed by atoms with Gasteiger partial charge in [-0.1, -0.05) is 26.2 Å². The van der Waals surface area contributed by atoms with Crippen LogP contribution in [0.15, 0.2) is 0 Å². The number of nitrogens with one attached hydrogen (secondary N) is 1. The average Bonchev–Trinajstić information content (AvgIpc) is 2.12. The van der Waals surface area contributed by atoms with Gasteiger partial charge >= 0.3 is 0 Å². The SMILES string of the molecule is CCCCCCC(=O)NCCC(C)Cl. The van der Waals surface area contributed by atoms with Crippen molar-refractivity contribution in [1.29, 1.82) is 0 Å². The largest absolute Gasteiger partial charge is 0.356 e. The van der Waals surface area contributed by atoms with Gasteiger partial charge in [-0.25, -0.2) is 0 Å². The highest BCUT2D eigenvalue weighted by Crippen LogP contribution is 2.02. The number of rotatable bonds is 8. The van der Waals surface area contributed by atoms with Crippen molar-refractivity contribution >= 4 is 17.5 Å². The van der Waals surface area contributed by atoms with Gasteiger partial charge in [0, 0.05) is 18.3 Å². The quantitative estimate of drug-likeness (QED) is 0.493. The number of halogens is 1. The molecule has 0 fully saturated rings. The molecular weight excluding hydrogens is 198 g/mol. The van der Waals surface area contributed by atoms with E-state index in [0.717, 1.165) is 19.3 Å². The molecule has 0 aliphatic heterocycles. The van der Waals surface area contributed by atoms with E-state index < -0.39 is 0 Å². The minimum atomic E-state index is 0.149. The number of alkyl halides is 1. The Kier molecular flexibility index (Phi) is 9.16. The normalized spacial score (nSPS) is 12.5. The molecule has 0 rings (SSSR count). The predicted molar refractivity (Wildman–Crippen MR) is 61.7 cm³/mol. The van der Waals surface area contributed by atoms with Crippen molar-refractivity contribution in [3.05, 3.63) is 0 Å². The van der Waals surface area contributed by atoms with Gasteiger partial charge in [-0.2, -0.15) is 0 Å². The smallest absolute Gasteiger partial charge is 0.219 e. The lowest BCUT2D eigenvalue weighted by Crippen LogP contribution is -2.25. The maximum absolute atomic E-state index is 11.2. The lowest BCUT2D eigenvalue weighted by atomic mass is 10.1. The molecule has 14 heavy (non-hydrogen) atoms. The van der Waals surface area contributed by atoms with Crippen molar-refractivity contribution in [1.82, 2.24) is 5.32 Å². The Morgan fingerprint density at radius 3 is 2.64 bits per heavy atom. The van der Waals surface area contributed by atoms with Crippen LogP contribution in [-0.4, -0.2) is 17.8 Å². The van der Waals surface area contributed by atoms with Crippen molar-refractivity contribution in [3.8, 4) is 0 Å². The van der Waals surface area contributed by atoms with E-state index in [2.05, 4.69) is 12.2 Å². The number of carbonyl (C=O) groups is 1. The Morgan fingerprint density at radius 2 is 2.07 bits per heavy atom. The Hall–Kier alpha value is -0.240. The van der Waals surface area contributed by atoms with Crippen LogP contribution in [0, 0.1) is 0 Å². The molecule has 3 heteroatoms. The molecule has 0 spiro atoms. The van der Waals surface area contributed by atoms with Gasteiger partial charge in [-0.05, 0) is 19.8 Å². The fraction of sp³-hybridized carbons (Fsp3) is 0.909. The monoisotopic (exact) mass is 219 g/mol. The number of amides is 1. The Balaban J connectivity index is 3.20. The number of hydrogen-bond acceptors (Lipinski definition) is 1. The highest BCUT2D eigenvalue weighted by atomic mass is 35.5. The molecule has 1 unspecified atom stereocenters. The summed E-state index contributed by atoms with van der Waals surface area (Å²) in [7, 11) is 0. The van der Waals surface area contributed by atoms with Gasteiger partial charge in [-0.15, -0.1) is 11.6 Å². The predicted octanol–water partition coefficient (Wildman–Crippen LogP) is 3.09. The lowest BCUT2D eigenvalue weighted by molar-refractivity contribution is -0.121. The zero-order valence-corrected chi connectivity index (χ0v) is 10.1. The summed E-state index contributed by atoms with van der Waals surface area (Å²) >= 11 is 5.76. The summed E-state index contributed by atoms with van der Waals surface area (Å²) in [6.07, 6.45) is 6.13. The molecular formula is C11H22ClNO. The number of unbranched alkanes of at least 4 members (excludes halogenated alkanes) is 3. The van der Waals surface area contributed by atoms with Crippen LogP contribution in [-0.2, 0) is 4.79 Å². The van der Waals surface area contributed by atoms with E-state index in [1.165, 1.54) is 12.8 Å². The number of carbonyl (C=O) groups excluding carboxylic acids is 1. The molecule has 0 radical (unpaired) electrons. The van der Waals surface area contributed by atoms with Crippen molar-refractivity contribution in [2.45, 2.75) is 57.7 Å². The first kappa shape index (κ1) is 13.8. The molecule has 0 aliphatic carbocycles. The second kappa shape index (κ2) is 9.32. The van der Waals surface area contributed by atoms with Gasteiger partial charge in [-0.3, -0.25) is 4.79 Å². The zero-order chi connectivity index (χ0) is 10.8. The van der Waals surface area contributed by atoms with Crippen LogP contribution in [0.1, 0.15) is 52.4 Å². The summed E-state index contributed by atoms with van der Waals surface area (Å²) in [5.74, 6) is 0.165. The minimum Gasteiger partial charge on any atom is -0.356 e. The van der Waals surface area contributed by atoms with Crippen LogP contribution < -0.4 is 5.32 Å². The summed E-state index contributed by atoms with van der Waals surface area (Å²) in [5.41, 5.74) is 0. The molecule has 1 N–H and O–H groups in total. The van der Waals surface area contributed by atoms with E-state index in [1.807, 2.05) is 6.92 Å². The van der Waals surface area contributed by atoms with Gasteiger partial charge in [0.1, 0.15) is 0 Å². The second-order valence-electron chi connectivity index (χ2n) is 3.73. The van der Waals surface area contributed by atoms with Gasteiger partial charge in [0.2, 0.25) is 5.91 Å². The molecule has 2 nitrogen and oxygen atoms in total. The summed E-state index contributed by atoms with van der Waals surface area (Å²) < 4.78 is 0. The molecule has 0 saturated carbocycles. The Morgan fingerprint density at radius 1 is 1.36 bits per heavy atom. The Bertz CT molecular complexity index is 148. The van der Waals surface area contributed by atoms with Crippen LogP contribution in [0.5, 0.6) is 0 Å². The highest BCUT2D eigenvalue weighted by Gasteiger charge is 2.01. The molecule has 0 bridgehead atoms. The molecule has 0 aromatic heterocycles. The van der Waals surface area contributed by atoms with Crippen LogP contribution in [0.2, 0.25) is 0 Å². The number of hydrogen-bond donors (Lipinski definition) is 1. The molecule has 1 amide bonds. The third-order valence-corrected chi connectivity index (χ3v) is 2.34. The van der Waals surface area contributed by atoms with Gasteiger partial charge in [0.25, 0.3) is 0 Å². The van der Waals surface area contributed by atoms with Crippen molar-refractivity contribution < 1.29 is 4.79 Å². The fourth-order valence-corrected chi connectivity index (χ4v) is 1.32. The molecule has 0 heterocycles. The Labute approximate surface area is 92.4 Å². The molecule has 84 valence electrons. The minimum absolute atomic E-state index is 0.149. The van der Waals surface area contributed by atoms with Crippen LogP contribution in [0.4, 0.5) is 0 Å². The van der Waals surface area contributed by atoms with E-state index in [-0.39, 0.29) is 11.3 Å². The summed E-state index contributed by atoms with van der Waals surface area (Å²) in [6, 6.07) is 0. The first-order valence-electron chi connectivity index (χ1n) is 5.57. The van der Waals surface area contributed by atoms with E-state index in [4.69, 9.17) is 11.6 Å². The van der Waals surface area contributed by atoms with E-state index in [9.17, 15) is 4.79 Å². The van der Waals surface area contributed by atoms with E-state index in [1.54, 1.807) is 0 Å². The molecule has 0 aliphatic rings. The van der Waals surface area contributed by atoms with E-state index >= 15 is 0 Å². The van der Waals surface area contributed by atoms with Crippen molar-refractivity contribution in [2.75, 3.05) is 6.54 Å². The third-order valence-electron chi connectivity index (χ3n) is 2.12. The summed E-state index contributed by atoms with van der Waals surface area (Å²) in [5, 5.41) is 3.02. The van der Waals surface area contributed by atoms with Gasteiger partial charge in [0.05, 0.1) is 0 Å². The maximum atomic E-state index is 11.2. The molecule has 1 atom stereocenters.